The van der Waals surface area contributed by atoms with Crippen LogP contribution in [0, 0.1) is 6.92 Å². The van der Waals surface area contributed by atoms with E-state index < -0.39 is 0 Å². The second-order valence-corrected chi connectivity index (χ2v) is 4.83. The van der Waals surface area contributed by atoms with Gasteiger partial charge in [0.1, 0.15) is 0 Å². The molecule has 0 aromatic heterocycles. The molecule has 0 saturated heterocycles. The molecule has 0 aliphatic rings. The smallest absolute Gasteiger partial charge is 0.251 e. The molecule has 2 rings (SSSR count). The molecule has 2 aromatic carbocycles. The molecule has 0 radical (unpaired) electrons. The first-order chi connectivity index (χ1) is 9.68. The van der Waals surface area contributed by atoms with E-state index in [0.717, 1.165) is 23.4 Å². The molecule has 20 heavy (non-hydrogen) atoms. The highest BCUT2D eigenvalue weighted by Crippen LogP contribution is 2.10. The Labute approximate surface area is 120 Å². The molecule has 0 aliphatic heterocycles. The molecule has 0 fully saturated rings. The van der Waals surface area contributed by atoms with Gasteiger partial charge in [0, 0.05) is 31.4 Å². The molecule has 0 aliphatic carbocycles. The number of amides is 1. The normalized spacial score (nSPS) is 10.1. The standard InChI is InChI=1S/C17H20N2O/c1-14-8-6-7-11-16(14)17(20)18-12-13-19(2)15-9-4-3-5-10-15/h3-11H,12-13H2,1-2H3,(H,18,20). The van der Waals surface area contributed by atoms with Gasteiger partial charge in [-0.1, -0.05) is 36.4 Å². The zero-order chi connectivity index (χ0) is 14.4. The number of anilines is 1. The molecule has 1 N–H and O–H groups in total. The molecular formula is C17H20N2O. The number of rotatable bonds is 5. The van der Waals surface area contributed by atoms with E-state index in [9.17, 15) is 4.79 Å². The zero-order valence-corrected chi connectivity index (χ0v) is 12.0. The first kappa shape index (κ1) is 14.1. The van der Waals surface area contributed by atoms with Crippen LogP contribution in [0.4, 0.5) is 5.69 Å². The van der Waals surface area contributed by atoms with Crippen molar-refractivity contribution in [2.24, 2.45) is 0 Å². The van der Waals surface area contributed by atoms with Crippen molar-refractivity contribution in [3.05, 3.63) is 65.7 Å². The number of benzene rings is 2. The van der Waals surface area contributed by atoms with Crippen molar-refractivity contribution in [3.63, 3.8) is 0 Å². The van der Waals surface area contributed by atoms with Crippen molar-refractivity contribution < 1.29 is 4.79 Å². The lowest BCUT2D eigenvalue weighted by Gasteiger charge is -2.19. The van der Waals surface area contributed by atoms with E-state index in [4.69, 9.17) is 0 Å². The fraction of sp³-hybridized carbons (Fsp3) is 0.235. The first-order valence-corrected chi connectivity index (χ1v) is 6.78. The van der Waals surface area contributed by atoms with Crippen LogP contribution in [0.1, 0.15) is 15.9 Å². The largest absolute Gasteiger partial charge is 0.373 e. The first-order valence-electron chi connectivity index (χ1n) is 6.78. The van der Waals surface area contributed by atoms with Crippen LogP contribution in [-0.2, 0) is 0 Å². The van der Waals surface area contributed by atoms with Crippen LogP contribution in [0.2, 0.25) is 0 Å². The van der Waals surface area contributed by atoms with Gasteiger partial charge in [-0.25, -0.2) is 0 Å². The molecule has 3 heteroatoms. The highest BCUT2D eigenvalue weighted by atomic mass is 16.1. The predicted octanol–water partition coefficient (Wildman–Crippen LogP) is 2.86. The van der Waals surface area contributed by atoms with Crippen LogP contribution in [0.25, 0.3) is 0 Å². The van der Waals surface area contributed by atoms with Crippen LogP contribution >= 0.6 is 0 Å². The number of nitrogens with zero attached hydrogens (tertiary/aromatic N) is 1. The van der Waals surface area contributed by atoms with Gasteiger partial charge < -0.3 is 10.2 Å². The predicted molar refractivity (Wildman–Crippen MR) is 83.2 cm³/mol. The molecule has 0 unspecified atom stereocenters. The van der Waals surface area contributed by atoms with Gasteiger partial charge >= 0.3 is 0 Å². The maximum atomic E-state index is 12.1. The minimum absolute atomic E-state index is 0.00967. The number of carbonyl (C=O) groups is 1. The molecule has 104 valence electrons. The van der Waals surface area contributed by atoms with Gasteiger partial charge in [0.05, 0.1) is 0 Å². The minimum Gasteiger partial charge on any atom is -0.373 e. The van der Waals surface area contributed by atoms with Crippen molar-refractivity contribution in [1.82, 2.24) is 5.32 Å². The summed E-state index contributed by atoms with van der Waals surface area (Å²) in [5.41, 5.74) is 2.90. The number of hydrogen-bond donors (Lipinski definition) is 1. The maximum absolute atomic E-state index is 12.1. The highest BCUT2D eigenvalue weighted by Gasteiger charge is 2.07. The van der Waals surface area contributed by atoms with Crippen molar-refractivity contribution in [3.8, 4) is 0 Å². The summed E-state index contributed by atoms with van der Waals surface area (Å²) in [7, 11) is 2.02. The van der Waals surface area contributed by atoms with Gasteiger partial charge in [0.15, 0.2) is 0 Å². The fourth-order valence-corrected chi connectivity index (χ4v) is 2.07. The Balaban J connectivity index is 1.84. The highest BCUT2D eigenvalue weighted by molar-refractivity contribution is 5.95. The average molecular weight is 268 g/mol. The molecule has 3 nitrogen and oxygen atoms in total. The van der Waals surface area contributed by atoms with E-state index in [-0.39, 0.29) is 5.91 Å². The number of hydrogen-bond acceptors (Lipinski definition) is 2. The van der Waals surface area contributed by atoms with Crippen molar-refractivity contribution in [1.29, 1.82) is 0 Å². The molecule has 0 bridgehead atoms. The summed E-state index contributed by atoms with van der Waals surface area (Å²) in [5, 5.41) is 2.96. The van der Waals surface area contributed by atoms with Gasteiger partial charge in [-0.15, -0.1) is 0 Å². The number of likely N-dealkylation sites (N-methyl/N-ethyl adjacent to an activating group) is 1. The van der Waals surface area contributed by atoms with Gasteiger partial charge in [0.2, 0.25) is 0 Å². The monoisotopic (exact) mass is 268 g/mol. The van der Waals surface area contributed by atoms with Crippen LogP contribution in [0.5, 0.6) is 0 Å². The average Bonchev–Trinajstić information content (AvgIpc) is 2.48. The van der Waals surface area contributed by atoms with Crippen molar-refractivity contribution in [2.45, 2.75) is 6.92 Å². The molecule has 0 saturated carbocycles. The number of carbonyl (C=O) groups excluding carboxylic acids is 1. The summed E-state index contributed by atoms with van der Waals surface area (Å²) in [5.74, 6) is -0.00967. The van der Waals surface area contributed by atoms with E-state index >= 15 is 0 Å². The second kappa shape index (κ2) is 6.75. The van der Waals surface area contributed by atoms with E-state index in [1.165, 1.54) is 0 Å². The Bertz CT molecular complexity index is 566. The third-order valence-corrected chi connectivity index (χ3v) is 3.32. The SMILES string of the molecule is Cc1ccccc1C(=O)NCCN(C)c1ccccc1. The Kier molecular flexibility index (Phi) is 4.77. The van der Waals surface area contributed by atoms with E-state index in [1.54, 1.807) is 0 Å². The lowest BCUT2D eigenvalue weighted by molar-refractivity contribution is 0.0954. The fourth-order valence-electron chi connectivity index (χ4n) is 2.07. The summed E-state index contributed by atoms with van der Waals surface area (Å²) < 4.78 is 0. The van der Waals surface area contributed by atoms with Gasteiger partial charge in [-0.05, 0) is 30.7 Å². The zero-order valence-electron chi connectivity index (χ0n) is 12.0. The minimum atomic E-state index is -0.00967. The molecule has 1 amide bonds. The third-order valence-electron chi connectivity index (χ3n) is 3.32. The van der Waals surface area contributed by atoms with Gasteiger partial charge in [0.25, 0.3) is 5.91 Å². The Morgan fingerprint density at radius 1 is 1.05 bits per heavy atom. The number of aryl methyl sites for hydroxylation is 1. The van der Waals surface area contributed by atoms with Gasteiger partial charge in [-0.3, -0.25) is 4.79 Å². The summed E-state index contributed by atoms with van der Waals surface area (Å²) in [6, 6.07) is 17.8. The summed E-state index contributed by atoms with van der Waals surface area (Å²) >= 11 is 0. The van der Waals surface area contributed by atoms with Crippen LogP contribution in [0.3, 0.4) is 0 Å². The Morgan fingerprint density at radius 2 is 1.70 bits per heavy atom. The topological polar surface area (TPSA) is 32.3 Å². The molecule has 0 heterocycles. The van der Waals surface area contributed by atoms with E-state index in [0.29, 0.717) is 6.54 Å². The van der Waals surface area contributed by atoms with Crippen LogP contribution < -0.4 is 10.2 Å². The quantitative estimate of drug-likeness (QED) is 0.904. The van der Waals surface area contributed by atoms with E-state index in [1.807, 2.05) is 56.4 Å². The van der Waals surface area contributed by atoms with Crippen molar-refractivity contribution in [2.75, 3.05) is 25.0 Å². The molecule has 0 atom stereocenters. The van der Waals surface area contributed by atoms with E-state index in [2.05, 4.69) is 22.3 Å². The second-order valence-electron chi connectivity index (χ2n) is 4.83. The molecule has 2 aromatic rings. The maximum Gasteiger partial charge on any atom is 0.251 e. The van der Waals surface area contributed by atoms with Crippen LogP contribution in [-0.4, -0.2) is 26.0 Å². The lowest BCUT2D eigenvalue weighted by Crippen LogP contribution is -2.33. The Hall–Kier alpha value is -2.29. The third kappa shape index (κ3) is 3.60. The molecule has 0 spiro atoms. The number of para-hydroxylation sites is 1. The Morgan fingerprint density at radius 3 is 2.40 bits per heavy atom. The summed E-state index contributed by atoms with van der Waals surface area (Å²) in [6.45, 7) is 3.35. The van der Waals surface area contributed by atoms with Gasteiger partial charge in [-0.2, -0.15) is 0 Å². The lowest BCUT2D eigenvalue weighted by atomic mass is 10.1. The summed E-state index contributed by atoms with van der Waals surface area (Å²) in [4.78, 5) is 14.2. The molecular weight excluding hydrogens is 248 g/mol. The van der Waals surface area contributed by atoms with Crippen LogP contribution in [0.15, 0.2) is 54.6 Å². The number of nitrogens with one attached hydrogen (secondary N) is 1. The summed E-state index contributed by atoms with van der Waals surface area (Å²) in [6.07, 6.45) is 0. The van der Waals surface area contributed by atoms with Crippen molar-refractivity contribution >= 4 is 11.6 Å².